The Morgan fingerprint density at radius 2 is 1.95 bits per heavy atom. The number of hydrogen-bond acceptors (Lipinski definition) is 7. The first-order valence-electron chi connectivity index (χ1n) is 14.2. The zero-order valence-corrected chi connectivity index (χ0v) is 22.6. The summed E-state index contributed by atoms with van der Waals surface area (Å²) in [6.45, 7) is 3.08. The van der Waals surface area contributed by atoms with E-state index in [0.717, 1.165) is 47.4 Å². The molecule has 3 amide bonds. The maximum Gasteiger partial charge on any atom is 0.255 e. The van der Waals surface area contributed by atoms with Crippen LogP contribution in [0.4, 0.5) is 4.39 Å². The predicted molar refractivity (Wildman–Crippen MR) is 147 cm³/mol. The second kappa shape index (κ2) is 10.5. The number of ether oxygens (including phenoxy) is 2. The van der Waals surface area contributed by atoms with Crippen LogP contribution in [-0.4, -0.2) is 77.1 Å². The highest BCUT2D eigenvalue weighted by molar-refractivity contribution is 6.05. The highest BCUT2D eigenvalue weighted by atomic mass is 19.1. The van der Waals surface area contributed by atoms with E-state index in [1.165, 1.54) is 4.90 Å². The molecule has 4 atom stereocenters. The first-order chi connectivity index (χ1) is 19.9. The fourth-order valence-electron chi connectivity index (χ4n) is 6.39. The maximum atomic E-state index is 15.1. The number of fused-ring (bicyclic) bond motifs is 2. The molecular weight excluding hydrogens is 527 g/mol. The number of imide groups is 1. The molecule has 1 N–H and O–H groups in total. The minimum atomic E-state index is -1.15. The fourth-order valence-corrected chi connectivity index (χ4v) is 6.39. The van der Waals surface area contributed by atoms with Crippen molar-refractivity contribution >= 4 is 28.6 Å². The van der Waals surface area contributed by atoms with E-state index in [1.54, 1.807) is 18.2 Å². The van der Waals surface area contributed by atoms with E-state index in [2.05, 4.69) is 34.5 Å². The van der Waals surface area contributed by atoms with Crippen molar-refractivity contribution in [1.82, 2.24) is 20.1 Å². The van der Waals surface area contributed by atoms with Gasteiger partial charge in [-0.05, 0) is 60.4 Å². The lowest BCUT2D eigenvalue weighted by Gasteiger charge is -2.29. The van der Waals surface area contributed by atoms with Gasteiger partial charge in [0.25, 0.3) is 5.91 Å². The van der Waals surface area contributed by atoms with Gasteiger partial charge in [-0.3, -0.25) is 29.6 Å². The molecule has 0 saturated carbocycles. The van der Waals surface area contributed by atoms with Crippen LogP contribution in [0.5, 0.6) is 5.75 Å². The van der Waals surface area contributed by atoms with Crippen LogP contribution in [0.3, 0.4) is 0 Å². The van der Waals surface area contributed by atoms with Gasteiger partial charge in [0.15, 0.2) is 6.17 Å². The van der Waals surface area contributed by atoms with E-state index in [0.29, 0.717) is 36.7 Å². The summed E-state index contributed by atoms with van der Waals surface area (Å²) in [4.78, 5) is 45.1. The second-order valence-electron chi connectivity index (χ2n) is 11.4. The molecule has 4 aliphatic heterocycles. The molecule has 4 aliphatic rings. The topological polar surface area (TPSA) is 101 Å². The van der Waals surface area contributed by atoms with Gasteiger partial charge >= 0.3 is 0 Å². The molecule has 9 nitrogen and oxygen atoms in total. The number of nitrogens with one attached hydrogen (secondary N) is 1. The van der Waals surface area contributed by atoms with Gasteiger partial charge in [-0.2, -0.15) is 0 Å². The van der Waals surface area contributed by atoms with E-state index < -0.39 is 24.2 Å². The number of rotatable bonds is 6. The van der Waals surface area contributed by atoms with E-state index >= 15 is 4.39 Å². The summed E-state index contributed by atoms with van der Waals surface area (Å²) in [6, 6.07) is 14.8. The third-order valence-corrected chi connectivity index (χ3v) is 8.59. The van der Waals surface area contributed by atoms with Crippen LogP contribution in [0.15, 0.2) is 48.5 Å². The van der Waals surface area contributed by atoms with Gasteiger partial charge in [-0.15, -0.1) is 0 Å². The van der Waals surface area contributed by atoms with Crippen molar-refractivity contribution in [3.8, 4) is 5.75 Å². The summed E-state index contributed by atoms with van der Waals surface area (Å²) in [5.74, 6) is -0.157. The second-order valence-corrected chi connectivity index (χ2v) is 11.4. The Balaban J connectivity index is 0.988. The molecule has 3 saturated heterocycles. The molecule has 2 unspecified atom stereocenters. The van der Waals surface area contributed by atoms with Crippen LogP contribution >= 0.6 is 0 Å². The number of hydrogen-bond donors (Lipinski definition) is 1. The van der Waals surface area contributed by atoms with Crippen molar-refractivity contribution in [2.75, 3.05) is 26.3 Å². The number of pyridine rings is 1. The normalized spacial score (nSPS) is 26.6. The Labute approximate surface area is 236 Å². The van der Waals surface area contributed by atoms with Crippen LogP contribution in [0, 0.1) is 0 Å². The van der Waals surface area contributed by atoms with Crippen molar-refractivity contribution in [2.45, 2.75) is 56.6 Å². The Kier molecular flexibility index (Phi) is 6.67. The third-order valence-electron chi connectivity index (χ3n) is 8.59. The van der Waals surface area contributed by atoms with Crippen LogP contribution in [-0.2, 0) is 27.4 Å². The fraction of sp³-hybridized carbons (Fsp3) is 0.419. The molecule has 3 fully saturated rings. The SMILES string of the molecule is O=C1CCC(N2Cc3cc(O[C@@H]4CN(Cc5ccc6nc(C7CCOC7)ccc6c5)C[C@H]4F)ccc3C2=O)C(=O)N1. The predicted octanol–water partition coefficient (Wildman–Crippen LogP) is 3.10. The summed E-state index contributed by atoms with van der Waals surface area (Å²) in [5.41, 5.74) is 4.35. The molecule has 10 heteroatoms. The molecule has 0 radical (unpaired) electrons. The Morgan fingerprint density at radius 1 is 1.05 bits per heavy atom. The first-order valence-corrected chi connectivity index (χ1v) is 14.2. The standard InChI is InChI=1S/C31H31FN4O5/c32-24-15-35(13-18-1-5-25-19(11-18)2-6-26(33-25)20-9-10-40-17-20)16-28(24)41-22-3-4-23-21(12-22)14-36(31(23)39)27-7-8-29(37)34-30(27)38/h1-6,11-12,20,24,27-28H,7-10,13-17H2,(H,34,37,38)/t20?,24-,27?,28-/m1/s1. The number of benzene rings is 2. The Morgan fingerprint density at radius 3 is 2.78 bits per heavy atom. The molecule has 7 rings (SSSR count). The highest BCUT2D eigenvalue weighted by Gasteiger charge is 2.40. The summed E-state index contributed by atoms with van der Waals surface area (Å²) < 4.78 is 26.6. The quantitative estimate of drug-likeness (QED) is 0.464. The highest BCUT2D eigenvalue weighted by Crippen LogP contribution is 2.32. The van der Waals surface area contributed by atoms with E-state index in [1.807, 2.05) is 6.07 Å². The molecule has 3 aromatic rings. The number of carbonyl (C=O) groups is 3. The van der Waals surface area contributed by atoms with Crippen molar-refractivity contribution in [3.63, 3.8) is 0 Å². The Hall–Kier alpha value is -3.89. The van der Waals surface area contributed by atoms with Gasteiger partial charge in [0.05, 0.1) is 12.1 Å². The van der Waals surface area contributed by atoms with E-state index in [-0.39, 0.29) is 31.3 Å². The van der Waals surface area contributed by atoms with Gasteiger partial charge in [0, 0.05) is 61.8 Å². The zero-order chi connectivity index (χ0) is 28.1. The van der Waals surface area contributed by atoms with Gasteiger partial charge in [0.2, 0.25) is 11.8 Å². The Bertz CT molecular complexity index is 1540. The molecular formula is C31H31FN4O5. The number of likely N-dealkylation sites (tertiary alicyclic amines) is 1. The van der Waals surface area contributed by atoms with Crippen LogP contribution in [0.25, 0.3) is 10.9 Å². The number of halogens is 1. The van der Waals surface area contributed by atoms with Crippen molar-refractivity contribution in [2.24, 2.45) is 0 Å². The van der Waals surface area contributed by atoms with E-state index in [9.17, 15) is 14.4 Å². The minimum Gasteiger partial charge on any atom is -0.486 e. The lowest BCUT2D eigenvalue weighted by atomic mass is 10.0. The molecule has 5 heterocycles. The molecule has 41 heavy (non-hydrogen) atoms. The summed E-state index contributed by atoms with van der Waals surface area (Å²) in [6.07, 6.45) is -0.268. The van der Waals surface area contributed by atoms with Gasteiger partial charge in [-0.25, -0.2) is 4.39 Å². The van der Waals surface area contributed by atoms with Crippen LogP contribution < -0.4 is 10.1 Å². The van der Waals surface area contributed by atoms with Crippen LogP contribution in [0.2, 0.25) is 0 Å². The maximum absolute atomic E-state index is 15.1. The third kappa shape index (κ3) is 5.06. The molecule has 0 spiro atoms. The number of carbonyl (C=O) groups excluding carboxylic acids is 3. The van der Waals surface area contributed by atoms with Gasteiger partial charge in [0.1, 0.15) is 17.9 Å². The number of piperidine rings is 1. The molecule has 1 aromatic heterocycles. The average molecular weight is 559 g/mol. The van der Waals surface area contributed by atoms with Crippen molar-refractivity contribution in [3.05, 3.63) is 70.9 Å². The van der Waals surface area contributed by atoms with Crippen LogP contribution in [0.1, 0.15) is 52.4 Å². The number of nitrogens with zero attached hydrogens (tertiary/aromatic N) is 3. The first kappa shape index (κ1) is 26.0. The number of amides is 3. The summed E-state index contributed by atoms with van der Waals surface area (Å²) >= 11 is 0. The number of aromatic nitrogens is 1. The zero-order valence-electron chi connectivity index (χ0n) is 22.6. The molecule has 0 bridgehead atoms. The van der Waals surface area contributed by atoms with Gasteiger partial charge in [-0.1, -0.05) is 12.1 Å². The largest absolute Gasteiger partial charge is 0.486 e. The minimum absolute atomic E-state index is 0.203. The van der Waals surface area contributed by atoms with Gasteiger partial charge < -0.3 is 14.4 Å². The lowest BCUT2D eigenvalue weighted by molar-refractivity contribution is -0.136. The molecule has 2 aromatic carbocycles. The average Bonchev–Trinajstić information content (AvgIpc) is 3.69. The summed E-state index contributed by atoms with van der Waals surface area (Å²) in [5, 5.41) is 3.37. The number of alkyl halides is 1. The molecule has 212 valence electrons. The monoisotopic (exact) mass is 558 g/mol. The van der Waals surface area contributed by atoms with Crippen molar-refractivity contribution < 1.29 is 28.2 Å². The van der Waals surface area contributed by atoms with E-state index in [4.69, 9.17) is 14.5 Å². The summed E-state index contributed by atoms with van der Waals surface area (Å²) in [7, 11) is 0. The molecule has 0 aliphatic carbocycles. The lowest BCUT2D eigenvalue weighted by Crippen LogP contribution is -2.52. The smallest absolute Gasteiger partial charge is 0.255 e. The van der Waals surface area contributed by atoms with Crippen molar-refractivity contribution in [1.29, 1.82) is 0 Å².